The Morgan fingerprint density at radius 1 is 1.07 bits per heavy atom. The van der Waals surface area contributed by atoms with Crippen molar-refractivity contribution in [3.05, 3.63) is 66.4 Å². The van der Waals surface area contributed by atoms with Crippen LogP contribution >= 0.6 is 0 Å². The van der Waals surface area contributed by atoms with Crippen LogP contribution in [0.1, 0.15) is 17.3 Å². The highest BCUT2D eigenvalue weighted by atomic mass is 32.2. The van der Waals surface area contributed by atoms with Gasteiger partial charge in [0.1, 0.15) is 0 Å². The molecule has 3 rings (SSSR count). The van der Waals surface area contributed by atoms with E-state index in [1.54, 1.807) is 18.2 Å². The summed E-state index contributed by atoms with van der Waals surface area (Å²) >= 11 is 0. The minimum absolute atomic E-state index is 0.0367. The lowest BCUT2D eigenvalue weighted by Crippen LogP contribution is -2.41. The van der Waals surface area contributed by atoms with Crippen molar-refractivity contribution in [3.63, 3.8) is 0 Å². The van der Waals surface area contributed by atoms with Gasteiger partial charge in [-0.05, 0) is 19.1 Å². The number of carbonyl (C=O) groups is 2. The molecule has 1 atom stereocenters. The summed E-state index contributed by atoms with van der Waals surface area (Å²) in [5, 5.41) is -1.55. The first-order valence-corrected chi connectivity index (χ1v) is 10.1. The van der Waals surface area contributed by atoms with Crippen molar-refractivity contribution >= 4 is 21.9 Å². The highest BCUT2D eigenvalue weighted by Crippen LogP contribution is 2.28. The number of nitrogens with one attached hydrogen (secondary N) is 1. The van der Waals surface area contributed by atoms with Crippen LogP contribution in [0.4, 0.5) is 0 Å². The Balaban J connectivity index is 1.91. The first-order valence-electron chi connectivity index (χ1n) is 8.58. The molecule has 0 saturated heterocycles. The van der Waals surface area contributed by atoms with E-state index in [2.05, 4.69) is 9.72 Å². The summed E-state index contributed by atoms with van der Waals surface area (Å²) in [6, 6.07) is 15.6. The number of hydrogen-bond acceptors (Lipinski definition) is 7. The Morgan fingerprint density at radius 3 is 2.41 bits per heavy atom. The van der Waals surface area contributed by atoms with Gasteiger partial charge < -0.3 is 9.15 Å². The molecule has 2 aromatic carbocycles. The number of oxazole rings is 1. The molecule has 29 heavy (non-hydrogen) atoms. The number of ether oxygens (including phenoxy) is 1. The van der Waals surface area contributed by atoms with Gasteiger partial charge in [0, 0.05) is 11.1 Å². The molecule has 0 spiro atoms. The van der Waals surface area contributed by atoms with Gasteiger partial charge >= 0.3 is 5.97 Å². The van der Waals surface area contributed by atoms with Gasteiger partial charge in [0.2, 0.25) is 15.9 Å². The van der Waals surface area contributed by atoms with E-state index in [9.17, 15) is 18.0 Å². The van der Waals surface area contributed by atoms with E-state index >= 15 is 0 Å². The first-order chi connectivity index (χ1) is 13.8. The average Bonchev–Trinajstić information content (AvgIpc) is 3.23. The maximum Gasteiger partial charge on any atom is 0.325 e. The van der Waals surface area contributed by atoms with E-state index in [4.69, 9.17) is 4.42 Å². The molecule has 0 aliphatic heterocycles. The largest absolute Gasteiger partial charge is 0.468 e. The second-order valence-corrected chi connectivity index (χ2v) is 8.08. The van der Waals surface area contributed by atoms with Gasteiger partial charge in [0.25, 0.3) is 5.91 Å². The van der Waals surface area contributed by atoms with Crippen molar-refractivity contribution in [2.24, 2.45) is 0 Å². The molecule has 1 N–H and O–H groups in total. The zero-order valence-electron chi connectivity index (χ0n) is 15.7. The number of carbonyl (C=O) groups excluding carboxylic acids is 2. The smallest absolute Gasteiger partial charge is 0.325 e. The number of nitrogens with zero attached hydrogens (tertiary/aromatic N) is 1. The monoisotopic (exact) mass is 414 g/mol. The summed E-state index contributed by atoms with van der Waals surface area (Å²) in [4.78, 5) is 28.4. The number of hydrogen-bond donors (Lipinski definition) is 1. The molecule has 1 heterocycles. The minimum atomic E-state index is -4.28. The lowest BCUT2D eigenvalue weighted by molar-refractivity contribution is -0.139. The van der Waals surface area contributed by atoms with Crippen LogP contribution in [0, 0.1) is 0 Å². The van der Waals surface area contributed by atoms with E-state index in [1.165, 1.54) is 12.3 Å². The van der Waals surface area contributed by atoms with Crippen molar-refractivity contribution < 1.29 is 27.2 Å². The van der Waals surface area contributed by atoms with E-state index in [1.807, 2.05) is 35.1 Å². The number of rotatable bonds is 6. The maximum atomic E-state index is 12.6. The molecule has 1 amide bonds. The number of esters is 1. The van der Waals surface area contributed by atoms with Crippen LogP contribution in [0.15, 0.2) is 65.2 Å². The second kappa shape index (κ2) is 8.27. The fraction of sp³-hybridized carbons (Fsp3) is 0.150. The number of methoxy groups -OCH3 is 1. The molecular formula is C20H18N2O6S. The van der Waals surface area contributed by atoms with Gasteiger partial charge in [-0.15, -0.1) is 0 Å². The lowest BCUT2D eigenvalue weighted by atomic mass is 10.1. The van der Waals surface area contributed by atoms with Crippen LogP contribution in [-0.4, -0.2) is 37.6 Å². The van der Waals surface area contributed by atoms with Gasteiger partial charge in [0.15, 0.2) is 11.0 Å². The molecule has 0 bridgehead atoms. The predicted octanol–water partition coefficient (Wildman–Crippen LogP) is 2.63. The molecule has 0 saturated carbocycles. The number of benzene rings is 2. The Labute approximate surface area is 167 Å². The molecular weight excluding hydrogens is 396 g/mol. The molecule has 9 heteroatoms. The highest BCUT2D eigenvalue weighted by Gasteiger charge is 2.31. The normalized spacial score (nSPS) is 12.2. The molecule has 1 unspecified atom stereocenters. The van der Waals surface area contributed by atoms with Crippen LogP contribution in [-0.2, 0) is 19.6 Å². The van der Waals surface area contributed by atoms with E-state index in [0.717, 1.165) is 19.6 Å². The average molecular weight is 414 g/mol. The van der Waals surface area contributed by atoms with Gasteiger partial charge in [-0.1, -0.05) is 42.5 Å². The Bertz CT molecular complexity index is 1140. The topological polar surface area (TPSA) is 116 Å². The van der Waals surface area contributed by atoms with E-state index in [-0.39, 0.29) is 11.5 Å². The third-order valence-electron chi connectivity index (χ3n) is 4.20. The zero-order chi connectivity index (χ0) is 21.0. The standard InChI is InChI=1S/C20H18N2O6S/c1-13(20(24)27-2)29(25,26)22-18(23)15-10-6-7-11-16(15)19-21-12-17(28-19)14-8-4-3-5-9-14/h3-13H,1-2H3,(H,22,23). The highest BCUT2D eigenvalue weighted by molar-refractivity contribution is 7.91. The molecule has 1 aromatic heterocycles. The maximum absolute atomic E-state index is 12.6. The third-order valence-corrected chi connectivity index (χ3v) is 5.79. The summed E-state index contributed by atoms with van der Waals surface area (Å²) in [7, 11) is -3.21. The fourth-order valence-corrected chi connectivity index (χ4v) is 3.46. The SMILES string of the molecule is COC(=O)C(C)S(=O)(=O)NC(=O)c1ccccc1-c1ncc(-c2ccccc2)o1. The molecule has 0 aliphatic carbocycles. The van der Waals surface area contributed by atoms with Gasteiger partial charge in [-0.3, -0.25) is 9.59 Å². The summed E-state index contributed by atoms with van der Waals surface area (Å²) in [5.41, 5.74) is 1.16. The van der Waals surface area contributed by atoms with Crippen LogP contribution in [0.5, 0.6) is 0 Å². The number of sulfonamides is 1. The predicted molar refractivity (Wildman–Crippen MR) is 105 cm³/mol. The molecule has 150 valence electrons. The second-order valence-electron chi connectivity index (χ2n) is 6.08. The van der Waals surface area contributed by atoms with Crippen LogP contribution < -0.4 is 4.72 Å². The Morgan fingerprint density at radius 2 is 1.72 bits per heavy atom. The third kappa shape index (κ3) is 4.35. The van der Waals surface area contributed by atoms with Gasteiger partial charge in [-0.25, -0.2) is 18.1 Å². The van der Waals surface area contributed by atoms with Crippen molar-refractivity contribution in [3.8, 4) is 22.8 Å². The molecule has 0 aliphatic rings. The minimum Gasteiger partial charge on any atom is -0.468 e. The summed E-state index contributed by atoms with van der Waals surface area (Å²) in [5.74, 6) is -1.22. The first kappa shape index (κ1) is 20.3. The quantitative estimate of drug-likeness (QED) is 0.617. The number of amides is 1. The van der Waals surface area contributed by atoms with Crippen molar-refractivity contribution in [2.75, 3.05) is 7.11 Å². The fourth-order valence-electron chi connectivity index (χ4n) is 2.57. The van der Waals surface area contributed by atoms with E-state index in [0.29, 0.717) is 11.3 Å². The molecule has 3 aromatic rings. The number of aromatic nitrogens is 1. The molecule has 0 fully saturated rings. The van der Waals surface area contributed by atoms with Crippen LogP contribution in [0.2, 0.25) is 0 Å². The summed E-state index contributed by atoms with van der Waals surface area (Å²) in [6.07, 6.45) is 1.52. The zero-order valence-corrected chi connectivity index (χ0v) is 16.5. The summed E-state index contributed by atoms with van der Waals surface area (Å²) in [6.45, 7) is 1.13. The van der Waals surface area contributed by atoms with Crippen LogP contribution in [0.3, 0.4) is 0 Å². The Hall–Kier alpha value is -3.46. The molecule has 0 radical (unpaired) electrons. The van der Waals surface area contributed by atoms with Crippen molar-refractivity contribution in [1.82, 2.24) is 9.71 Å². The van der Waals surface area contributed by atoms with Crippen molar-refractivity contribution in [1.29, 1.82) is 0 Å². The molecule has 8 nitrogen and oxygen atoms in total. The van der Waals surface area contributed by atoms with Gasteiger partial charge in [-0.2, -0.15) is 0 Å². The lowest BCUT2D eigenvalue weighted by Gasteiger charge is -2.13. The summed E-state index contributed by atoms with van der Waals surface area (Å²) < 4.78 is 36.7. The van der Waals surface area contributed by atoms with Crippen LogP contribution in [0.25, 0.3) is 22.8 Å². The Kier molecular flexibility index (Phi) is 5.79. The van der Waals surface area contributed by atoms with Gasteiger partial charge in [0.05, 0.1) is 18.9 Å². The van der Waals surface area contributed by atoms with Crippen molar-refractivity contribution in [2.45, 2.75) is 12.2 Å². The van der Waals surface area contributed by atoms with E-state index < -0.39 is 27.1 Å².